The Kier molecular flexibility index (Phi) is 3.61. The molecule has 0 spiro atoms. The first-order chi connectivity index (χ1) is 13.1. The Bertz CT molecular complexity index is 1010. The van der Waals surface area contributed by atoms with Gasteiger partial charge in [0.1, 0.15) is 5.76 Å². The molecule has 1 aliphatic carbocycles. The van der Waals surface area contributed by atoms with Gasteiger partial charge >= 0.3 is 0 Å². The minimum atomic E-state index is 0.308. The molecule has 1 unspecified atom stereocenters. The van der Waals surface area contributed by atoms with Crippen molar-refractivity contribution in [3.63, 3.8) is 0 Å². The number of nitrogens with zero attached hydrogens (tertiary/aromatic N) is 1. The molecule has 0 radical (unpaired) electrons. The van der Waals surface area contributed by atoms with Crippen LogP contribution in [0.2, 0.25) is 0 Å². The first-order valence-electron chi connectivity index (χ1n) is 9.51. The molecule has 27 heavy (non-hydrogen) atoms. The number of hydrogen-bond donors (Lipinski definition) is 2. The van der Waals surface area contributed by atoms with E-state index < -0.39 is 0 Å². The lowest BCUT2D eigenvalue weighted by Crippen LogP contribution is -2.24. The normalized spacial score (nSPS) is 17.9. The summed E-state index contributed by atoms with van der Waals surface area (Å²) in [6.45, 7) is 8.37. The highest BCUT2D eigenvalue weighted by Crippen LogP contribution is 2.46. The zero-order chi connectivity index (χ0) is 18.5. The highest BCUT2D eigenvalue weighted by atomic mass is 16.5. The van der Waals surface area contributed by atoms with Gasteiger partial charge in [-0.25, -0.2) is 0 Å². The molecule has 4 heteroatoms. The Labute approximate surface area is 159 Å². The van der Waals surface area contributed by atoms with Gasteiger partial charge in [-0.05, 0) is 61.4 Å². The zero-order valence-corrected chi connectivity index (χ0v) is 15.7. The molecule has 2 aromatic carbocycles. The topological polar surface area (TPSA) is 50.1 Å². The Balaban J connectivity index is 1.66. The van der Waals surface area contributed by atoms with Gasteiger partial charge in [0.25, 0.3) is 0 Å². The van der Waals surface area contributed by atoms with Crippen LogP contribution in [0.4, 0.5) is 11.4 Å². The van der Waals surface area contributed by atoms with E-state index in [9.17, 15) is 0 Å². The van der Waals surface area contributed by atoms with Crippen molar-refractivity contribution in [2.45, 2.75) is 32.9 Å². The van der Waals surface area contributed by atoms with Crippen LogP contribution >= 0.6 is 0 Å². The van der Waals surface area contributed by atoms with Gasteiger partial charge in [0.2, 0.25) is 0 Å². The Morgan fingerprint density at radius 2 is 1.89 bits per heavy atom. The van der Waals surface area contributed by atoms with Crippen LogP contribution in [0.15, 0.2) is 53.6 Å². The Morgan fingerprint density at radius 1 is 1.11 bits per heavy atom. The molecule has 1 aliphatic heterocycles. The van der Waals surface area contributed by atoms with Crippen LogP contribution in [0.25, 0.3) is 16.7 Å². The average molecular weight is 357 g/mol. The summed E-state index contributed by atoms with van der Waals surface area (Å²) in [5.74, 6) is 1.55. The van der Waals surface area contributed by atoms with E-state index in [1.54, 1.807) is 0 Å². The number of aromatic nitrogens is 1. The van der Waals surface area contributed by atoms with Gasteiger partial charge in [-0.1, -0.05) is 42.1 Å². The summed E-state index contributed by atoms with van der Waals surface area (Å²) in [4.78, 5) is 0. The molecule has 2 N–H and O–H groups in total. The molecule has 4 nitrogen and oxygen atoms in total. The van der Waals surface area contributed by atoms with Crippen molar-refractivity contribution in [2.24, 2.45) is 5.92 Å². The summed E-state index contributed by atoms with van der Waals surface area (Å²) >= 11 is 0. The van der Waals surface area contributed by atoms with E-state index in [2.05, 4.69) is 58.8 Å². The van der Waals surface area contributed by atoms with Crippen LogP contribution in [0.1, 0.15) is 35.4 Å². The second kappa shape index (κ2) is 6.02. The summed E-state index contributed by atoms with van der Waals surface area (Å²) in [7, 11) is 0. The first-order valence-corrected chi connectivity index (χ1v) is 9.51. The number of rotatable bonds is 4. The molecule has 0 bridgehead atoms. The van der Waals surface area contributed by atoms with Crippen LogP contribution in [0.5, 0.6) is 0 Å². The summed E-state index contributed by atoms with van der Waals surface area (Å²) in [5.41, 5.74) is 8.66. The summed E-state index contributed by atoms with van der Waals surface area (Å²) in [6, 6.07) is 14.8. The van der Waals surface area contributed by atoms with Crippen molar-refractivity contribution in [2.75, 3.05) is 10.6 Å². The van der Waals surface area contributed by atoms with Crippen LogP contribution in [0.3, 0.4) is 0 Å². The van der Waals surface area contributed by atoms with E-state index in [-0.39, 0.29) is 0 Å². The van der Waals surface area contributed by atoms with Crippen LogP contribution in [-0.4, -0.2) is 11.3 Å². The molecule has 1 atom stereocenters. The number of hydrogen-bond acceptors (Lipinski definition) is 4. The summed E-state index contributed by atoms with van der Waals surface area (Å²) in [6.07, 6.45) is 2.87. The maximum absolute atomic E-state index is 5.41. The Morgan fingerprint density at radius 3 is 2.56 bits per heavy atom. The molecular formula is C23H23N3O. The first kappa shape index (κ1) is 16.2. The van der Waals surface area contributed by atoms with Gasteiger partial charge in [0.05, 0.1) is 23.2 Å². The quantitative estimate of drug-likeness (QED) is 0.639. The molecular weight excluding hydrogens is 334 g/mol. The van der Waals surface area contributed by atoms with E-state index in [4.69, 9.17) is 4.52 Å². The highest BCUT2D eigenvalue weighted by molar-refractivity contribution is 5.95. The summed E-state index contributed by atoms with van der Waals surface area (Å²) < 4.78 is 5.41. The minimum absolute atomic E-state index is 0.308. The van der Waals surface area contributed by atoms with Crippen molar-refractivity contribution < 1.29 is 4.52 Å². The second-order valence-corrected chi connectivity index (χ2v) is 7.59. The van der Waals surface area contributed by atoms with Gasteiger partial charge in [-0.3, -0.25) is 0 Å². The minimum Gasteiger partial charge on any atom is -0.363 e. The third-order valence-electron chi connectivity index (χ3n) is 5.61. The monoisotopic (exact) mass is 357 g/mol. The number of fused-ring (bicyclic) bond motifs is 1. The van der Waals surface area contributed by atoms with E-state index in [0.29, 0.717) is 12.1 Å². The molecule has 0 amide bonds. The average Bonchev–Trinajstić information content (AvgIpc) is 3.36. The zero-order valence-electron chi connectivity index (χ0n) is 15.7. The van der Waals surface area contributed by atoms with Crippen LogP contribution in [-0.2, 0) is 0 Å². The van der Waals surface area contributed by atoms with Crippen molar-refractivity contribution >= 4 is 16.9 Å². The molecule has 1 aromatic heterocycles. The molecule has 2 aliphatic rings. The van der Waals surface area contributed by atoms with Crippen molar-refractivity contribution in [3.8, 4) is 11.1 Å². The lowest BCUT2D eigenvalue weighted by Gasteiger charge is -2.14. The van der Waals surface area contributed by atoms with E-state index in [1.165, 1.54) is 12.8 Å². The highest BCUT2D eigenvalue weighted by Gasteiger charge is 2.36. The largest absolute Gasteiger partial charge is 0.363 e. The van der Waals surface area contributed by atoms with Crippen LogP contribution in [0, 0.1) is 19.8 Å². The molecule has 0 saturated heterocycles. The molecule has 3 aromatic rings. The van der Waals surface area contributed by atoms with Gasteiger partial charge in [-0.2, -0.15) is 0 Å². The number of anilines is 2. The van der Waals surface area contributed by atoms with Gasteiger partial charge in [0.15, 0.2) is 0 Å². The fourth-order valence-corrected chi connectivity index (χ4v) is 4.01. The predicted molar refractivity (Wildman–Crippen MR) is 110 cm³/mol. The maximum Gasteiger partial charge on any atom is 0.141 e. The molecule has 1 saturated carbocycles. The smallest absolute Gasteiger partial charge is 0.141 e. The molecule has 5 rings (SSSR count). The molecule has 1 fully saturated rings. The summed E-state index contributed by atoms with van der Waals surface area (Å²) in [5, 5.41) is 11.5. The van der Waals surface area contributed by atoms with E-state index >= 15 is 0 Å². The van der Waals surface area contributed by atoms with Crippen LogP contribution < -0.4 is 10.6 Å². The number of nitrogens with one attached hydrogen (secondary N) is 2. The predicted octanol–water partition coefficient (Wildman–Crippen LogP) is 5.59. The van der Waals surface area contributed by atoms with Crippen molar-refractivity contribution in [3.05, 3.63) is 71.6 Å². The Hall–Kier alpha value is -3.01. The fourth-order valence-electron chi connectivity index (χ4n) is 4.01. The number of benzene rings is 2. The van der Waals surface area contributed by atoms with Gasteiger partial charge in [0, 0.05) is 11.1 Å². The van der Waals surface area contributed by atoms with Gasteiger partial charge in [-0.15, -0.1) is 0 Å². The van der Waals surface area contributed by atoms with Gasteiger partial charge < -0.3 is 15.2 Å². The lowest BCUT2D eigenvalue weighted by atomic mass is 9.93. The van der Waals surface area contributed by atoms with E-state index in [1.807, 2.05) is 19.9 Å². The van der Waals surface area contributed by atoms with Crippen molar-refractivity contribution in [1.82, 2.24) is 5.16 Å². The third-order valence-corrected chi connectivity index (χ3v) is 5.61. The van der Waals surface area contributed by atoms with Crippen molar-refractivity contribution in [1.29, 1.82) is 0 Å². The van der Waals surface area contributed by atoms with E-state index in [0.717, 1.165) is 50.7 Å². The standard InChI is InChI=1S/C23H23N3O/c1-13(16-7-5-4-6-8-16)19-11-18(21-14(2)26-27-15(21)3)12-20-22(19)25-23(24-20)17-9-10-17/h4-8,11-12,17,23-25H,1,9-10H2,2-3H3. The third kappa shape index (κ3) is 2.72. The number of aryl methyl sites for hydroxylation is 2. The fraction of sp³-hybridized carbons (Fsp3) is 0.261. The molecule has 2 heterocycles. The maximum atomic E-state index is 5.41. The molecule has 136 valence electrons. The SMILES string of the molecule is C=C(c1ccccc1)c1cc(-c2c(C)noc2C)cc2c1NC(C1CC1)N2. The lowest BCUT2D eigenvalue weighted by molar-refractivity contribution is 0.393. The second-order valence-electron chi connectivity index (χ2n) is 7.59.